The summed E-state index contributed by atoms with van der Waals surface area (Å²) in [6.45, 7) is 3.58. The summed E-state index contributed by atoms with van der Waals surface area (Å²) in [6.07, 6.45) is 3.85. The lowest BCUT2D eigenvalue weighted by Gasteiger charge is -2.21. The van der Waals surface area contributed by atoms with Crippen LogP contribution in [0.3, 0.4) is 0 Å². The number of pyridine rings is 1. The number of carbonyl (C=O) groups is 2. The predicted molar refractivity (Wildman–Crippen MR) is 151 cm³/mol. The summed E-state index contributed by atoms with van der Waals surface area (Å²) in [6, 6.07) is 9.34. The molecule has 0 spiro atoms. The van der Waals surface area contributed by atoms with Gasteiger partial charge in [-0.3, -0.25) is 14.4 Å². The third-order valence-corrected chi connectivity index (χ3v) is 6.68. The number of aliphatic hydroxyl groups is 1. The van der Waals surface area contributed by atoms with E-state index in [0.717, 1.165) is 12.5 Å². The minimum Gasteiger partial charge on any atom is -0.454 e. The van der Waals surface area contributed by atoms with Crippen molar-refractivity contribution in [1.29, 1.82) is 0 Å². The maximum Gasteiger partial charge on any atom is 0.274 e. The van der Waals surface area contributed by atoms with E-state index in [1.807, 2.05) is 0 Å². The Morgan fingerprint density at radius 1 is 1.05 bits per heavy atom. The standard InChI is InChI=1S/C30H32F2N4O5/c1-30(2,40)17-8-10-24(41-25-11-9-18(31)14-22(25)32)19(13-17)21-16-36(3)29(39)27-20(21)15-23(35-27)28(38)34-12-6-4-5-7-26(33)37/h8-11,13-16,35,40H,4-7,12H2,1-3H3,(H2,33,37)(H,34,38). The van der Waals surface area contributed by atoms with Gasteiger partial charge in [-0.25, -0.2) is 8.78 Å². The number of hydrogen-bond acceptors (Lipinski definition) is 5. The van der Waals surface area contributed by atoms with Gasteiger partial charge in [0.1, 0.15) is 22.8 Å². The number of primary amides is 1. The number of benzene rings is 2. The first-order chi connectivity index (χ1) is 19.3. The van der Waals surface area contributed by atoms with Gasteiger partial charge in [0.15, 0.2) is 11.6 Å². The number of aromatic amines is 1. The number of ether oxygens (including phenoxy) is 1. The summed E-state index contributed by atoms with van der Waals surface area (Å²) in [4.78, 5) is 39.7. The first kappa shape index (κ1) is 29.5. The van der Waals surface area contributed by atoms with Gasteiger partial charge in [-0.1, -0.05) is 12.5 Å². The lowest BCUT2D eigenvalue weighted by Crippen LogP contribution is -2.25. The molecule has 0 saturated carbocycles. The SMILES string of the molecule is Cn1cc(-c2cc(C(C)(C)O)ccc2Oc2ccc(F)cc2F)c2cc(C(=O)NCCCCCC(N)=O)[nH]c2c1=O. The molecule has 0 aliphatic heterocycles. The van der Waals surface area contributed by atoms with Gasteiger partial charge in [-0.2, -0.15) is 0 Å². The van der Waals surface area contributed by atoms with Gasteiger partial charge in [-0.15, -0.1) is 0 Å². The molecule has 4 aromatic rings. The number of H-pyrrole nitrogens is 1. The predicted octanol–water partition coefficient (Wildman–Crippen LogP) is 4.61. The van der Waals surface area contributed by atoms with Crippen LogP contribution in [0.2, 0.25) is 0 Å². The molecule has 2 heterocycles. The van der Waals surface area contributed by atoms with Crippen LogP contribution in [0.25, 0.3) is 22.0 Å². The van der Waals surface area contributed by atoms with Gasteiger partial charge >= 0.3 is 0 Å². The van der Waals surface area contributed by atoms with Crippen LogP contribution in [0, 0.1) is 11.6 Å². The summed E-state index contributed by atoms with van der Waals surface area (Å²) in [5, 5.41) is 13.9. The van der Waals surface area contributed by atoms with E-state index in [1.165, 1.54) is 10.6 Å². The number of halogens is 2. The smallest absolute Gasteiger partial charge is 0.274 e. The Labute approximate surface area is 234 Å². The highest BCUT2D eigenvalue weighted by Gasteiger charge is 2.23. The number of rotatable bonds is 11. The number of amides is 2. The Kier molecular flexibility index (Phi) is 8.57. The average molecular weight is 567 g/mol. The fraction of sp³-hybridized carbons (Fsp3) is 0.300. The Balaban J connectivity index is 1.75. The van der Waals surface area contributed by atoms with Crippen LogP contribution in [0.15, 0.2) is 53.5 Å². The third-order valence-electron chi connectivity index (χ3n) is 6.68. The molecule has 0 unspecified atom stereocenters. The van der Waals surface area contributed by atoms with Crippen molar-refractivity contribution in [3.63, 3.8) is 0 Å². The quantitative estimate of drug-likeness (QED) is 0.196. The maximum atomic E-state index is 14.5. The fourth-order valence-electron chi connectivity index (χ4n) is 4.46. The first-order valence-electron chi connectivity index (χ1n) is 13.1. The fourth-order valence-corrected chi connectivity index (χ4v) is 4.46. The molecule has 0 atom stereocenters. The molecule has 9 nitrogen and oxygen atoms in total. The normalized spacial score (nSPS) is 11.6. The molecule has 0 aliphatic carbocycles. The Hall–Kier alpha value is -4.51. The minimum atomic E-state index is -1.24. The molecular formula is C30H32F2N4O5. The highest BCUT2D eigenvalue weighted by Crippen LogP contribution is 2.39. The molecule has 41 heavy (non-hydrogen) atoms. The van der Waals surface area contributed by atoms with E-state index in [9.17, 15) is 28.3 Å². The molecular weight excluding hydrogens is 534 g/mol. The van der Waals surface area contributed by atoms with Crippen molar-refractivity contribution >= 4 is 22.7 Å². The minimum absolute atomic E-state index is 0.160. The van der Waals surface area contributed by atoms with Crippen molar-refractivity contribution in [2.45, 2.75) is 45.1 Å². The van der Waals surface area contributed by atoms with E-state index in [2.05, 4.69) is 10.3 Å². The Morgan fingerprint density at radius 2 is 1.78 bits per heavy atom. The number of aryl methyl sites for hydroxylation is 1. The van der Waals surface area contributed by atoms with Crippen LogP contribution in [-0.4, -0.2) is 33.0 Å². The number of hydrogen-bond donors (Lipinski definition) is 4. The summed E-state index contributed by atoms with van der Waals surface area (Å²) < 4.78 is 35.2. The van der Waals surface area contributed by atoms with E-state index in [0.29, 0.717) is 47.5 Å². The van der Waals surface area contributed by atoms with Crippen LogP contribution >= 0.6 is 0 Å². The number of nitrogens with two attached hydrogens (primary N) is 1. The zero-order chi connectivity index (χ0) is 29.9. The number of nitrogens with one attached hydrogen (secondary N) is 2. The number of carbonyl (C=O) groups excluding carboxylic acids is 2. The van der Waals surface area contributed by atoms with Crippen LogP contribution in [0.5, 0.6) is 11.5 Å². The van der Waals surface area contributed by atoms with E-state index in [4.69, 9.17) is 10.5 Å². The molecule has 2 aromatic carbocycles. The highest BCUT2D eigenvalue weighted by molar-refractivity contribution is 6.03. The molecule has 0 fully saturated rings. The van der Waals surface area contributed by atoms with E-state index < -0.39 is 23.1 Å². The molecule has 4 rings (SSSR count). The molecule has 216 valence electrons. The van der Waals surface area contributed by atoms with Crippen molar-refractivity contribution in [2.24, 2.45) is 12.8 Å². The average Bonchev–Trinajstić information content (AvgIpc) is 3.35. The zero-order valence-electron chi connectivity index (χ0n) is 23.0. The second-order valence-corrected chi connectivity index (χ2v) is 10.4. The largest absolute Gasteiger partial charge is 0.454 e. The van der Waals surface area contributed by atoms with Gasteiger partial charge < -0.3 is 30.4 Å². The molecule has 0 aliphatic rings. The van der Waals surface area contributed by atoms with Crippen molar-refractivity contribution in [2.75, 3.05) is 6.54 Å². The summed E-state index contributed by atoms with van der Waals surface area (Å²) in [5.74, 6) is -2.46. The summed E-state index contributed by atoms with van der Waals surface area (Å²) in [5.41, 5.74) is 5.27. The molecule has 5 N–H and O–H groups in total. The van der Waals surface area contributed by atoms with Crippen LogP contribution in [0.4, 0.5) is 8.78 Å². The number of fused-ring (bicyclic) bond motifs is 1. The molecule has 2 amide bonds. The van der Waals surface area contributed by atoms with Gasteiger partial charge in [0.05, 0.1) is 5.60 Å². The van der Waals surface area contributed by atoms with Crippen LogP contribution in [0.1, 0.15) is 55.6 Å². The maximum absolute atomic E-state index is 14.5. The second-order valence-electron chi connectivity index (χ2n) is 10.4. The summed E-state index contributed by atoms with van der Waals surface area (Å²) in [7, 11) is 1.55. The van der Waals surface area contributed by atoms with Crippen LogP contribution < -0.4 is 21.3 Å². The van der Waals surface area contributed by atoms with Gasteiger partial charge in [0.2, 0.25) is 5.91 Å². The second kappa shape index (κ2) is 11.9. The highest BCUT2D eigenvalue weighted by atomic mass is 19.1. The van der Waals surface area contributed by atoms with Gasteiger partial charge in [0, 0.05) is 48.8 Å². The number of aromatic nitrogens is 2. The third kappa shape index (κ3) is 6.80. The van der Waals surface area contributed by atoms with E-state index in [1.54, 1.807) is 51.4 Å². The van der Waals surface area contributed by atoms with Gasteiger partial charge in [0.25, 0.3) is 11.5 Å². The topological polar surface area (TPSA) is 139 Å². The van der Waals surface area contributed by atoms with Crippen molar-refractivity contribution in [3.05, 3.63) is 81.9 Å². The molecule has 0 saturated heterocycles. The number of unbranched alkanes of at least 4 members (excludes halogenated alkanes) is 2. The van der Waals surface area contributed by atoms with Crippen molar-refractivity contribution in [1.82, 2.24) is 14.9 Å². The molecule has 11 heteroatoms. The molecule has 0 bridgehead atoms. The van der Waals surface area contributed by atoms with E-state index in [-0.39, 0.29) is 40.6 Å². The van der Waals surface area contributed by atoms with Crippen LogP contribution in [-0.2, 0) is 17.4 Å². The summed E-state index contributed by atoms with van der Waals surface area (Å²) >= 11 is 0. The number of nitrogens with zero attached hydrogens (tertiary/aromatic N) is 1. The van der Waals surface area contributed by atoms with E-state index >= 15 is 0 Å². The lowest BCUT2D eigenvalue weighted by molar-refractivity contribution is -0.118. The molecule has 0 radical (unpaired) electrons. The molecule has 2 aromatic heterocycles. The Bertz CT molecular complexity index is 1670. The van der Waals surface area contributed by atoms with Gasteiger partial charge in [-0.05, 0) is 62.6 Å². The van der Waals surface area contributed by atoms with Crippen molar-refractivity contribution in [3.8, 4) is 22.6 Å². The zero-order valence-corrected chi connectivity index (χ0v) is 23.0. The monoisotopic (exact) mass is 566 g/mol. The lowest BCUT2D eigenvalue weighted by atomic mass is 9.93. The Morgan fingerprint density at radius 3 is 2.46 bits per heavy atom. The van der Waals surface area contributed by atoms with Crippen molar-refractivity contribution < 1.29 is 28.2 Å². The first-order valence-corrected chi connectivity index (χ1v) is 13.1.